The van der Waals surface area contributed by atoms with Crippen LogP contribution in [0.5, 0.6) is 0 Å². The molecule has 0 saturated heterocycles. The number of nitrogens with zero attached hydrogens (tertiary/aromatic N) is 3. The third-order valence-corrected chi connectivity index (χ3v) is 2.83. The van der Waals surface area contributed by atoms with Gasteiger partial charge in [-0.05, 0) is 29.3 Å². The topological polar surface area (TPSA) is 50.9 Å². The lowest BCUT2D eigenvalue weighted by Crippen LogP contribution is -2.17. The molecule has 13 heteroatoms. The SMILES string of the molecule is On1c(C(F)(F)F)nc2nc(C(F)(F)Cl)c(C(F)(F)Cl)cc21. The van der Waals surface area contributed by atoms with Crippen molar-refractivity contribution in [2.75, 3.05) is 0 Å². The first-order chi connectivity index (χ1) is 9.73. The Kier molecular flexibility index (Phi) is 3.64. The summed E-state index contributed by atoms with van der Waals surface area (Å²) in [7, 11) is 0. The molecule has 1 N–H and O–H groups in total. The van der Waals surface area contributed by atoms with Crippen molar-refractivity contribution < 1.29 is 35.9 Å². The molecule has 0 aliphatic rings. The Labute approximate surface area is 126 Å². The molecule has 0 bridgehead atoms. The summed E-state index contributed by atoms with van der Waals surface area (Å²) < 4.78 is 89.5. The lowest BCUT2D eigenvalue weighted by atomic mass is 10.2. The van der Waals surface area contributed by atoms with Crippen molar-refractivity contribution in [1.29, 1.82) is 0 Å². The molecule has 22 heavy (non-hydrogen) atoms. The fourth-order valence-corrected chi connectivity index (χ4v) is 1.90. The molecule has 0 aliphatic carbocycles. The van der Waals surface area contributed by atoms with Gasteiger partial charge < -0.3 is 5.21 Å². The molecule has 0 radical (unpaired) electrons. The maximum absolute atomic E-state index is 13.1. The van der Waals surface area contributed by atoms with E-state index in [-0.39, 0.29) is 6.07 Å². The van der Waals surface area contributed by atoms with E-state index in [1.807, 2.05) is 0 Å². The van der Waals surface area contributed by atoms with Gasteiger partial charge in [-0.25, -0.2) is 9.97 Å². The minimum Gasteiger partial charge on any atom is -0.426 e. The number of aromatic nitrogens is 3. The summed E-state index contributed by atoms with van der Waals surface area (Å²) >= 11 is 9.22. The molecular formula is C9H2Cl2F7N3O. The molecule has 2 heterocycles. The van der Waals surface area contributed by atoms with Gasteiger partial charge in [-0.2, -0.15) is 35.5 Å². The van der Waals surface area contributed by atoms with Crippen molar-refractivity contribution in [2.24, 2.45) is 0 Å². The average Bonchev–Trinajstić information content (AvgIpc) is 2.62. The molecular weight excluding hydrogens is 370 g/mol. The molecule has 0 fully saturated rings. The predicted octanol–water partition coefficient (Wildman–Crippen LogP) is 4.26. The molecule has 122 valence electrons. The van der Waals surface area contributed by atoms with Gasteiger partial charge in [0.2, 0.25) is 0 Å². The van der Waals surface area contributed by atoms with E-state index in [0.29, 0.717) is 0 Å². The second-order valence-electron chi connectivity index (χ2n) is 3.97. The molecule has 0 unspecified atom stereocenters. The van der Waals surface area contributed by atoms with Crippen LogP contribution in [0, 0.1) is 0 Å². The van der Waals surface area contributed by atoms with Gasteiger partial charge in [-0.1, -0.05) is 0 Å². The minimum absolute atomic E-state index is 0.100. The van der Waals surface area contributed by atoms with Crippen LogP contribution in [0.2, 0.25) is 0 Å². The highest BCUT2D eigenvalue weighted by Crippen LogP contribution is 2.43. The number of fused-ring (bicyclic) bond motifs is 1. The first-order valence-electron chi connectivity index (χ1n) is 5.07. The van der Waals surface area contributed by atoms with Crippen LogP contribution in [0.3, 0.4) is 0 Å². The summed E-state index contributed by atoms with van der Waals surface area (Å²) in [6.45, 7) is 0. The van der Waals surface area contributed by atoms with Crippen molar-refractivity contribution in [3.05, 3.63) is 23.1 Å². The molecule has 0 amide bonds. The zero-order valence-electron chi connectivity index (χ0n) is 9.77. The smallest absolute Gasteiger partial charge is 0.426 e. The Bertz CT molecular complexity index is 732. The summed E-state index contributed by atoms with van der Waals surface area (Å²) in [5.74, 6) is -1.94. The lowest BCUT2D eigenvalue weighted by molar-refractivity contribution is -0.153. The van der Waals surface area contributed by atoms with Gasteiger partial charge in [-0.3, -0.25) is 0 Å². The number of pyridine rings is 1. The Morgan fingerprint density at radius 3 is 1.91 bits per heavy atom. The fraction of sp³-hybridized carbons (Fsp3) is 0.333. The van der Waals surface area contributed by atoms with Gasteiger partial charge in [0.1, 0.15) is 11.2 Å². The highest BCUT2D eigenvalue weighted by atomic mass is 35.5. The molecule has 0 spiro atoms. The Balaban J connectivity index is 2.87. The number of hydrogen-bond acceptors (Lipinski definition) is 3. The van der Waals surface area contributed by atoms with Crippen LogP contribution in [0.4, 0.5) is 30.7 Å². The monoisotopic (exact) mass is 371 g/mol. The van der Waals surface area contributed by atoms with Crippen LogP contribution < -0.4 is 0 Å². The Morgan fingerprint density at radius 2 is 1.50 bits per heavy atom. The van der Waals surface area contributed by atoms with E-state index < -0.39 is 49.9 Å². The van der Waals surface area contributed by atoms with Gasteiger partial charge >= 0.3 is 16.9 Å². The number of rotatable bonds is 2. The van der Waals surface area contributed by atoms with Crippen molar-refractivity contribution in [3.63, 3.8) is 0 Å². The third-order valence-electron chi connectivity index (χ3n) is 2.45. The summed E-state index contributed by atoms with van der Waals surface area (Å²) in [4.78, 5) is 5.65. The van der Waals surface area contributed by atoms with Crippen LogP contribution in [0.25, 0.3) is 11.2 Å². The van der Waals surface area contributed by atoms with Crippen molar-refractivity contribution in [1.82, 2.24) is 14.7 Å². The summed E-state index contributed by atoms with van der Waals surface area (Å²) in [5.41, 5.74) is -5.48. The number of hydrogen-bond donors (Lipinski definition) is 1. The standard InChI is InChI=1S/C9H2Cl2F7N3O/c10-7(12,13)2-1-3-5(19-4(2)8(11,14)15)20-6(21(3)22)9(16,17)18/h1,22H. The summed E-state index contributed by atoms with van der Waals surface area (Å²) in [6.07, 6.45) is -5.18. The second kappa shape index (κ2) is 4.75. The normalized spacial score (nSPS) is 13.9. The zero-order chi connectivity index (χ0) is 17.1. The fourth-order valence-electron chi connectivity index (χ4n) is 1.61. The van der Waals surface area contributed by atoms with Gasteiger partial charge in [0, 0.05) is 0 Å². The van der Waals surface area contributed by atoms with Crippen LogP contribution in [-0.2, 0) is 16.9 Å². The third kappa shape index (κ3) is 2.86. The van der Waals surface area contributed by atoms with Crippen LogP contribution in [0.1, 0.15) is 17.1 Å². The highest BCUT2D eigenvalue weighted by molar-refractivity contribution is 6.23. The first kappa shape index (κ1) is 16.9. The Hall–Kier alpha value is -1.49. The van der Waals surface area contributed by atoms with E-state index in [4.69, 9.17) is 0 Å². The molecule has 4 nitrogen and oxygen atoms in total. The number of halogens is 9. The molecule has 2 aromatic rings. The van der Waals surface area contributed by atoms with E-state index in [2.05, 4.69) is 33.2 Å². The molecule has 2 aromatic heterocycles. The summed E-state index contributed by atoms with van der Waals surface area (Å²) in [5, 5.41) is 0.431. The van der Waals surface area contributed by atoms with Crippen molar-refractivity contribution in [3.8, 4) is 0 Å². The second-order valence-corrected chi connectivity index (χ2v) is 4.92. The molecule has 0 saturated carbocycles. The minimum atomic E-state index is -5.18. The largest absolute Gasteiger partial charge is 0.453 e. The lowest BCUT2D eigenvalue weighted by Gasteiger charge is -2.16. The molecule has 0 aromatic carbocycles. The van der Waals surface area contributed by atoms with E-state index in [1.165, 1.54) is 0 Å². The quantitative estimate of drug-likeness (QED) is 0.487. The van der Waals surface area contributed by atoms with Crippen LogP contribution >= 0.6 is 23.2 Å². The number of imidazole rings is 1. The maximum Gasteiger partial charge on any atom is 0.453 e. The predicted molar refractivity (Wildman–Crippen MR) is 59.2 cm³/mol. The maximum atomic E-state index is 13.1. The van der Waals surface area contributed by atoms with E-state index >= 15 is 0 Å². The van der Waals surface area contributed by atoms with Crippen LogP contribution in [0.15, 0.2) is 6.07 Å². The summed E-state index contributed by atoms with van der Waals surface area (Å²) in [6, 6.07) is 0.100. The Morgan fingerprint density at radius 1 is 0.955 bits per heavy atom. The number of alkyl halides is 9. The van der Waals surface area contributed by atoms with Gasteiger partial charge in [0.05, 0.1) is 5.56 Å². The van der Waals surface area contributed by atoms with Gasteiger partial charge in [-0.15, -0.1) is 0 Å². The average molecular weight is 372 g/mol. The zero-order valence-corrected chi connectivity index (χ0v) is 11.3. The van der Waals surface area contributed by atoms with E-state index in [9.17, 15) is 35.9 Å². The van der Waals surface area contributed by atoms with Gasteiger partial charge in [0.15, 0.2) is 5.65 Å². The molecule has 2 rings (SSSR count). The van der Waals surface area contributed by atoms with E-state index in [0.717, 1.165) is 0 Å². The first-order valence-corrected chi connectivity index (χ1v) is 5.83. The highest BCUT2D eigenvalue weighted by Gasteiger charge is 2.44. The molecule has 0 aliphatic heterocycles. The van der Waals surface area contributed by atoms with Gasteiger partial charge in [0.25, 0.3) is 5.82 Å². The van der Waals surface area contributed by atoms with Crippen molar-refractivity contribution in [2.45, 2.75) is 16.9 Å². The van der Waals surface area contributed by atoms with Crippen LogP contribution in [-0.4, -0.2) is 19.9 Å². The van der Waals surface area contributed by atoms with E-state index in [1.54, 1.807) is 0 Å². The van der Waals surface area contributed by atoms with Crippen molar-refractivity contribution >= 4 is 34.4 Å². The molecule has 0 atom stereocenters.